The first-order valence-electron chi connectivity index (χ1n) is 11.1. The fourth-order valence-corrected chi connectivity index (χ4v) is 4.87. The van der Waals surface area contributed by atoms with Crippen molar-refractivity contribution in [3.05, 3.63) is 88.4 Å². The summed E-state index contributed by atoms with van der Waals surface area (Å²) in [5.41, 5.74) is 5.30. The molecule has 1 heterocycles. The maximum Gasteiger partial charge on any atom is 0.410 e. The minimum atomic E-state index is -2.04. The highest BCUT2D eigenvalue weighted by Crippen LogP contribution is 2.54. The highest BCUT2D eigenvalue weighted by atomic mass is 19.1. The molecule has 2 aromatic rings. The van der Waals surface area contributed by atoms with E-state index in [0.29, 0.717) is 11.3 Å². The molecule has 1 aliphatic heterocycles. The second-order valence-corrected chi connectivity index (χ2v) is 8.51. The van der Waals surface area contributed by atoms with E-state index in [4.69, 9.17) is 15.2 Å². The zero-order valence-electron chi connectivity index (χ0n) is 19.4. The molecular formula is C27H22FN5O3. The Balaban J connectivity index is 1.78. The third-order valence-electron chi connectivity index (χ3n) is 6.67. The van der Waals surface area contributed by atoms with E-state index in [1.54, 1.807) is 6.08 Å². The van der Waals surface area contributed by atoms with Crippen molar-refractivity contribution >= 4 is 6.09 Å². The zero-order chi connectivity index (χ0) is 25.9. The van der Waals surface area contributed by atoms with Gasteiger partial charge < -0.3 is 20.1 Å². The predicted octanol–water partition coefficient (Wildman–Crippen LogP) is 3.90. The Kier molecular flexibility index (Phi) is 6.63. The fraction of sp³-hybridized carbons (Fsp3) is 0.259. The number of amides is 1. The largest absolute Gasteiger partial charge is 0.497 e. The first-order valence-corrected chi connectivity index (χ1v) is 11.1. The molecule has 0 saturated heterocycles. The number of carbonyl (C=O) groups is 1. The normalized spacial score (nSPS) is 20.2. The van der Waals surface area contributed by atoms with Gasteiger partial charge in [0.25, 0.3) is 0 Å². The summed E-state index contributed by atoms with van der Waals surface area (Å²) < 4.78 is 25.9. The van der Waals surface area contributed by atoms with Crippen LogP contribution < -0.4 is 10.5 Å². The molecule has 9 heteroatoms. The Morgan fingerprint density at radius 2 is 1.92 bits per heavy atom. The van der Waals surface area contributed by atoms with E-state index in [0.717, 1.165) is 5.56 Å². The molecule has 36 heavy (non-hydrogen) atoms. The number of methoxy groups -OCH3 is 1. The second-order valence-electron chi connectivity index (χ2n) is 8.51. The Morgan fingerprint density at radius 3 is 2.56 bits per heavy atom. The molecule has 8 nitrogen and oxygen atoms in total. The molecule has 1 aliphatic carbocycles. The van der Waals surface area contributed by atoms with E-state index >= 15 is 4.39 Å². The van der Waals surface area contributed by atoms with Crippen LogP contribution in [0.15, 0.2) is 71.5 Å². The number of allylic oxidation sites excluding steroid dienone is 2. The maximum atomic E-state index is 15.2. The summed E-state index contributed by atoms with van der Waals surface area (Å²) in [4.78, 5) is 14.3. The first-order chi connectivity index (χ1) is 17.4. The molecule has 2 atom stereocenters. The van der Waals surface area contributed by atoms with Gasteiger partial charge in [0.05, 0.1) is 30.5 Å². The van der Waals surface area contributed by atoms with E-state index in [2.05, 4.69) is 0 Å². The average Bonchev–Trinajstić information content (AvgIpc) is 2.92. The lowest BCUT2D eigenvalue weighted by molar-refractivity contribution is 0.0897. The van der Waals surface area contributed by atoms with Gasteiger partial charge in [-0.15, -0.1) is 0 Å². The van der Waals surface area contributed by atoms with Gasteiger partial charge in [0.15, 0.2) is 5.41 Å². The number of hydrogen-bond donors (Lipinski definition) is 1. The molecule has 0 unspecified atom stereocenters. The number of halogens is 1. The number of rotatable bonds is 4. The molecular weight excluding hydrogens is 461 g/mol. The zero-order valence-corrected chi connectivity index (χ0v) is 19.4. The van der Waals surface area contributed by atoms with Crippen LogP contribution in [0.1, 0.15) is 17.0 Å². The molecule has 4 rings (SSSR count). The van der Waals surface area contributed by atoms with Crippen LogP contribution in [0.3, 0.4) is 0 Å². The summed E-state index contributed by atoms with van der Waals surface area (Å²) in [6.07, 6.45) is 1.03. The summed E-state index contributed by atoms with van der Waals surface area (Å²) in [5, 5.41) is 30.2. The number of nitrogens with two attached hydrogens (primary N) is 1. The monoisotopic (exact) mass is 483 g/mol. The van der Waals surface area contributed by atoms with Gasteiger partial charge in [-0.3, -0.25) is 0 Å². The highest BCUT2D eigenvalue weighted by molar-refractivity contribution is 5.69. The molecule has 2 aromatic carbocycles. The standard InChI is InChI=1S/C27H22FN5O3/c1-35-18-7-8-23(28)20(11-18)24-22-13-33(26(34)36-14-17-5-3-2-4-6-17)10-9-19(22)21(12-29)25(32)27(24,15-30)16-31/h2-9,11,22,24H,10,13-14,32H2,1H3/t22-,24+/m1/s1. The number of fused-ring (bicyclic) bond motifs is 1. The number of ether oxygens (including phenoxy) is 2. The molecule has 0 spiro atoms. The molecule has 2 aliphatic rings. The molecule has 0 fully saturated rings. The topological polar surface area (TPSA) is 136 Å². The minimum Gasteiger partial charge on any atom is -0.497 e. The first kappa shape index (κ1) is 24.3. The molecule has 0 aromatic heterocycles. The third-order valence-corrected chi connectivity index (χ3v) is 6.67. The molecule has 180 valence electrons. The second kappa shape index (κ2) is 9.82. The quantitative estimate of drug-likeness (QED) is 0.696. The van der Waals surface area contributed by atoms with Crippen molar-refractivity contribution in [1.29, 1.82) is 15.8 Å². The van der Waals surface area contributed by atoms with Crippen molar-refractivity contribution in [2.24, 2.45) is 17.1 Å². The van der Waals surface area contributed by atoms with Gasteiger partial charge in [-0.2, -0.15) is 15.8 Å². The van der Waals surface area contributed by atoms with Gasteiger partial charge >= 0.3 is 6.09 Å². The van der Waals surface area contributed by atoms with Crippen molar-refractivity contribution in [1.82, 2.24) is 4.90 Å². The summed E-state index contributed by atoms with van der Waals surface area (Å²) in [6.45, 7) is 0.170. The number of carbonyl (C=O) groups excluding carboxylic acids is 1. The van der Waals surface area contributed by atoms with Crippen LogP contribution >= 0.6 is 0 Å². The maximum absolute atomic E-state index is 15.2. The molecule has 0 radical (unpaired) electrons. The lowest BCUT2D eigenvalue weighted by Gasteiger charge is -2.45. The summed E-state index contributed by atoms with van der Waals surface area (Å²) in [6, 6.07) is 19.1. The van der Waals surface area contributed by atoms with Gasteiger partial charge in [0, 0.05) is 24.9 Å². The van der Waals surface area contributed by atoms with Crippen LogP contribution in [0.25, 0.3) is 0 Å². The summed E-state index contributed by atoms with van der Waals surface area (Å²) in [7, 11) is 1.41. The number of hydrogen-bond acceptors (Lipinski definition) is 7. The smallest absolute Gasteiger partial charge is 0.410 e. The van der Waals surface area contributed by atoms with Crippen molar-refractivity contribution in [3.8, 4) is 24.0 Å². The van der Waals surface area contributed by atoms with Gasteiger partial charge in [-0.05, 0) is 34.9 Å². The minimum absolute atomic E-state index is 0.0000396. The number of nitriles is 3. The lowest BCUT2D eigenvalue weighted by atomic mass is 9.58. The molecule has 2 N–H and O–H groups in total. The number of nitrogens with zero attached hydrogens (tertiary/aromatic N) is 4. The van der Waals surface area contributed by atoms with Crippen molar-refractivity contribution in [3.63, 3.8) is 0 Å². The van der Waals surface area contributed by atoms with Crippen LogP contribution in [0.2, 0.25) is 0 Å². The Labute approximate surface area is 207 Å². The molecule has 1 amide bonds. The average molecular weight is 484 g/mol. The van der Waals surface area contributed by atoms with Gasteiger partial charge in [-0.1, -0.05) is 36.4 Å². The van der Waals surface area contributed by atoms with Crippen LogP contribution in [-0.4, -0.2) is 31.2 Å². The molecule has 0 saturated carbocycles. The predicted molar refractivity (Wildman–Crippen MR) is 126 cm³/mol. The Bertz CT molecular complexity index is 1370. The lowest BCUT2D eigenvalue weighted by Crippen LogP contribution is -2.49. The van der Waals surface area contributed by atoms with Crippen LogP contribution in [0.4, 0.5) is 9.18 Å². The highest BCUT2D eigenvalue weighted by Gasteiger charge is 2.55. The van der Waals surface area contributed by atoms with E-state index in [-0.39, 0.29) is 36.5 Å². The van der Waals surface area contributed by atoms with Crippen molar-refractivity contribution in [2.45, 2.75) is 12.5 Å². The van der Waals surface area contributed by atoms with E-state index < -0.39 is 29.2 Å². The van der Waals surface area contributed by atoms with Crippen LogP contribution in [0, 0.1) is 51.1 Å². The third kappa shape index (κ3) is 4.00. The van der Waals surface area contributed by atoms with Crippen LogP contribution in [-0.2, 0) is 11.3 Å². The molecule has 0 bridgehead atoms. The van der Waals surface area contributed by atoms with E-state index in [1.807, 2.05) is 48.5 Å². The van der Waals surface area contributed by atoms with Crippen molar-refractivity contribution < 1.29 is 18.7 Å². The summed E-state index contributed by atoms with van der Waals surface area (Å²) >= 11 is 0. The van der Waals surface area contributed by atoms with E-state index in [9.17, 15) is 20.6 Å². The fourth-order valence-electron chi connectivity index (χ4n) is 4.87. The van der Waals surface area contributed by atoms with E-state index in [1.165, 1.54) is 30.2 Å². The van der Waals surface area contributed by atoms with Crippen molar-refractivity contribution in [2.75, 3.05) is 20.2 Å². The Hall–Kier alpha value is -4.81. The van der Waals surface area contributed by atoms with Crippen LogP contribution in [0.5, 0.6) is 5.75 Å². The Morgan fingerprint density at radius 1 is 1.19 bits per heavy atom. The van der Waals surface area contributed by atoms with Gasteiger partial charge in [0.1, 0.15) is 24.2 Å². The SMILES string of the molecule is COc1ccc(F)c([C@H]2[C@@H]3CN(C(=O)OCc4ccccc4)CC=C3C(C#N)=C(N)C2(C#N)C#N)c1. The summed E-state index contributed by atoms with van der Waals surface area (Å²) in [5.74, 6) is -2.22. The van der Waals surface area contributed by atoms with Gasteiger partial charge in [-0.25, -0.2) is 9.18 Å². The van der Waals surface area contributed by atoms with Gasteiger partial charge in [0.2, 0.25) is 0 Å². The number of benzene rings is 2.